The van der Waals surface area contributed by atoms with Gasteiger partial charge in [-0.25, -0.2) is 14.5 Å². The summed E-state index contributed by atoms with van der Waals surface area (Å²) in [5, 5.41) is 14.3. The van der Waals surface area contributed by atoms with Crippen LogP contribution in [0.25, 0.3) is 11.0 Å². The van der Waals surface area contributed by atoms with Crippen molar-refractivity contribution in [3.8, 4) is 0 Å². The molecule has 0 aliphatic rings. The normalized spacial score (nSPS) is 12.1. The van der Waals surface area contributed by atoms with Crippen molar-refractivity contribution in [3.63, 3.8) is 0 Å². The molecule has 1 N–H and O–H groups in total. The zero-order valence-electron chi connectivity index (χ0n) is 14.7. The summed E-state index contributed by atoms with van der Waals surface area (Å²) in [6, 6.07) is 10.7. The van der Waals surface area contributed by atoms with Gasteiger partial charge in [-0.2, -0.15) is 5.10 Å². The topological polar surface area (TPSA) is 88.3 Å². The molecule has 1 atom stereocenters. The lowest BCUT2D eigenvalue weighted by Crippen LogP contribution is -2.43. The average molecular weight is 352 g/mol. The summed E-state index contributed by atoms with van der Waals surface area (Å²) in [5.41, 5.74) is 2.14. The van der Waals surface area contributed by atoms with Crippen LogP contribution in [0.3, 0.4) is 0 Å². The van der Waals surface area contributed by atoms with Crippen LogP contribution >= 0.6 is 0 Å². The highest BCUT2D eigenvalue weighted by molar-refractivity contribution is 5.98. The predicted molar refractivity (Wildman–Crippen MR) is 96.9 cm³/mol. The third kappa shape index (κ3) is 3.42. The van der Waals surface area contributed by atoms with E-state index in [0.717, 1.165) is 10.9 Å². The van der Waals surface area contributed by atoms with Gasteiger partial charge in [-0.3, -0.25) is 4.79 Å². The molecule has 3 rings (SSSR count). The molecule has 26 heavy (non-hydrogen) atoms. The van der Waals surface area contributed by atoms with Crippen LogP contribution in [-0.2, 0) is 11.3 Å². The number of benzene rings is 1. The fourth-order valence-corrected chi connectivity index (χ4v) is 2.85. The van der Waals surface area contributed by atoms with Crippen molar-refractivity contribution in [2.45, 2.75) is 26.4 Å². The molecule has 1 unspecified atom stereocenters. The molecule has 2 heterocycles. The summed E-state index contributed by atoms with van der Waals surface area (Å²) in [5.74, 6) is -1.39. The largest absolute Gasteiger partial charge is 0.480 e. The van der Waals surface area contributed by atoms with Crippen molar-refractivity contribution in [3.05, 3.63) is 59.9 Å². The first-order chi connectivity index (χ1) is 12.5. The summed E-state index contributed by atoms with van der Waals surface area (Å²) in [4.78, 5) is 29.6. The molecule has 0 saturated carbocycles. The second kappa shape index (κ2) is 7.35. The van der Waals surface area contributed by atoms with E-state index in [1.54, 1.807) is 23.9 Å². The molecule has 2 aromatic heterocycles. The van der Waals surface area contributed by atoms with E-state index < -0.39 is 12.0 Å². The van der Waals surface area contributed by atoms with Gasteiger partial charge in [0.2, 0.25) is 0 Å². The third-order valence-electron chi connectivity index (χ3n) is 4.32. The first-order valence-corrected chi connectivity index (χ1v) is 8.40. The Morgan fingerprint density at radius 1 is 1.23 bits per heavy atom. The van der Waals surface area contributed by atoms with Crippen molar-refractivity contribution in [2.24, 2.45) is 0 Å². The number of carbonyl (C=O) groups excluding carboxylic acids is 1. The monoisotopic (exact) mass is 352 g/mol. The average Bonchev–Trinajstić information content (AvgIpc) is 3.05. The summed E-state index contributed by atoms with van der Waals surface area (Å²) < 4.78 is 1.77. The Morgan fingerprint density at radius 3 is 2.62 bits per heavy atom. The van der Waals surface area contributed by atoms with Crippen LogP contribution in [0, 0.1) is 0 Å². The van der Waals surface area contributed by atoms with Crippen LogP contribution in [0.4, 0.5) is 0 Å². The summed E-state index contributed by atoms with van der Waals surface area (Å²) in [6.07, 6.45) is 3.14. The van der Waals surface area contributed by atoms with Crippen molar-refractivity contribution < 1.29 is 14.7 Å². The van der Waals surface area contributed by atoms with Gasteiger partial charge in [0.1, 0.15) is 6.04 Å². The Balaban J connectivity index is 1.88. The van der Waals surface area contributed by atoms with Gasteiger partial charge >= 0.3 is 5.97 Å². The van der Waals surface area contributed by atoms with Crippen molar-refractivity contribution in [1.82, 2.24) is 19.7 Å². The van der Waals surface area contributed by atoms with E-state index in [1.807, 2.05) is 30.3 Å². The highest BCUT2D eigenvalue weighted by Crippen LogP contribution is 2.17. The number of aliphatic carboxylic acids is 1. The second-order valence-corrected chi connectivity index (χ2v) is 6.03. The number of amides is 1. The lowest BCUT2D eigenvalue weighted by Gasteiger charge is -2.24. The van der Waals surface area contributed by atoms with E-state index in [4.69, 9.17) is 0 Å². The number of nitrogens with zero attached hydrogens (tertiary/aromatic N) is 4. The molecular weight excluding hydrogens is 332 g/mol. The fourth-order valence-electron chi connectivity index (χ4n) is 2.85. The van der Waals surface area contributed by atoms with Gasteiger partial charge in [0, 0.05) is 18.1 Å². The Bertz CT molecular complexity index is 936. The van der Waals surface area contributed by atoms with Crippen LogP contribution in [0.15, 0.2) is 48.8 Å². The van der Waals surface area contributed by atoms with Gasteiger partial charge in [-0.05, 0) is 25.5 Å². The van der Waals surface area contributed by atoms with Crippen LogP contribution in [-0.4, -0.2) is 49.2 Å². The highest BCUT2D eigenvalue weighted by atomic mass is 16.4. The molecule has 7 heteroatoms. The number of hydrogen-bond acceptors (Lipinski definition) is 4. The highest BCUT2D eigenvalue weighted by Gasteiger charge is 2.25. The maximum absolute atomic E-state index is 12.7. The quantitative estimate of drug-likeness (QED) is 0.736. The van der Waals surface area contributed by atoms with E-state index in [0.29, 0.717) is 24.3 Å². The van der Waals surface area contributed by atoms with E-state index in [9.17, 15) is 14.7 Å². The number of pyridine rings is 1. The molecule has 0 aliphatic carbocycles. The molecule has 0 fully saturated rings. The molecule has 0 aliphatic heterocycles. The Hall–Kier alpha value is -3.22. The minimum Gasteiger partial charge on any atom is -0.480 e. The van der Waals surface area contributed by atoms with Gasteiger partial charge in [0.25, 0.3) is 5.91 Å². The maximum Gasteiger partial charge on any atom is 0.326 e. The number of carboxylic acids is 1. The SMILES string of the molecule is CCN(C(=O)c1cnc2c(cnn2Cc2ccccc2)c1)C(C)C(=O)O. The zero-order valence-corrected chi connectivity index (χ0v) is 14.7. The molecule has 134 valence electrons. The van der Waals surface area contributed by atoms with Crippen LogP contribution < -0.4 is 0 Å². The standard InChI is InChI=1S/C19H20N4O3/c1-3-22(13(2)19(25)26)18(24)16-9-15-11-21-23(17(15)20-10-16)12-14-7-5-4-6-8-14/h4-11,13H,3,12H2,1-2H3,(H,25,26). The molecule has 3 aromatic rings. The lowest BCUT2D eigenvalue weighted by atomic mass is 10.2. The number of carbonyl (C=O) groups is 2. The molecular formula is C19H20N4O3. The van der Waals surface area contributed by atoms with Crippen molar-refractivity contribution in [2.75, 3.05) is 6.54 Å². The van der Waals surface area contributed by atoms with Gasteiger partial charge < -0.3 is 10.0 Å². The lowest BCUT2D eigenvalue weighted by molar-refractivity contribution is -0.141. The van der Waals surface area contributed by atoms with Gasteiger partial charge in [0.15, 0.2) is 5.65 Å². The molecule has 0 radical (unpaired) electrons. The predicted octanol–water partition coefficient (Wildman–Crippen LogP) is 2.41. The van der Waals surface area contributed by atoms with E-state index in [2.05, 4.69) is 10.1 Å². The number of likely N-dealkylation sites (N-methyl/N-ethyl adjacent to an activating group) is 1. The van der Waals surface area contributed by atoms with Crippen LogP contribution in [0.5, 0.6) is 0 Å². The molecule has 0 saturated heterocycles. The Kier molecular flexibility index (Phi) is 4.97. The molecule has 1 aromatic carbocycles. The Labute approximate surface area is 150 Å². The van der Waals surface area contributed by atoms with E-state index >= 15 is 0 Å². The van der Waals surface area contributed by atoms with Crippen LogP contribution in [0.2, 0.25) is 0 Å². The van der Waals surface area contributed by atoms with Crippen molar-refractivity contribution >= 4 is 22.9 Å². The first kappa shape index (κ1) is 17.6. The Morgan fingerprint density at radius 2 is 1.96 bits per heavy atom. The number of fused-ring (bicyclic) bond motifs is 1. The second-order valence-electron chi connectivity index (χ2n) is 6.03. The number of hydrogen-bond donors (Lipinski definition) is 1. The zero-order chi connectivity index (χ0) is 18.7. The molecule has 0 spiro atoms. The van der Waals surface area contributed by atoms with Gasteiger partial charge in [0.05, 0.1) is 18.3 Å². The summed E-state index contributed by atoms with van der Waals surface area (Å²) in [6.45, 7) is 4.13. The van der Waals surface area contributed by atoms with Gasteiger partial charge in [-0.1, -0.05) is 30.3 Å². The van der Waals surface area contributed by atoms with E-state index in [-0.39, 0.29) is 5.91 Å². The summed E-state index contributed by atoms with van der Waals surface area (Å²) >= 11 is 0. The third-order valence-corrected chi connectivity index (χ3v) is 4.32. The van der Waals surface area contributed by atoms with E-state index in [1.165, 1.54) is 18.0 Å². The molecule has 7 nitrogen and oxygen atoms in total. The molecule has 0 bridgehead atoms. The first-order valence-electron chi connectivity index (χ1n) is 8.40. The summed E-state index contributed by atoms with van der Waals surface area (Å²) in [7, 11) is 0. The van der Waals surface area contributed by atoms with Gasteiger partial charge in [-0.15, -0.1) is 0 Å². The smallest absolute Gasteiger partial charge is 0.326 e. The minimum atomic E-state index is -1.04. The van der Waals surface area contributed by atoms with Crippen molar-refractivity contribution in [1.29, 1.82) is 0 Å². The number of aromatic nitrogens is 3. The maximum atomic E-state index is 12.7. The minimum absolute atomic E-state index is 0.303. The fraction of sp³-hybridized carbons (Fsp3) is 0.263. The number of carboxylic acid groups (broad SMARTS) is 1. The number of rotatable bonds is 6. The molecule has 1 amide bonds. The van der Waals surface area contributed by atoms with Crippen LogP contribution in [0.1, 0.15) is 29.8 Å².